The molecular weight excluding hydrogens is 348 g/mol. The molecule has 0 amide bonds. The van der Waals surface area contributed by atoms with Gasteiger partial charge in [0.05, 0.1) is 11.4 Å². The summed E-state index contributed by atoms with van der Waals surface area (Å²) in [5.41, 5.74) is 4.87. The molecule has 3 rings (SSSR count). The van der Waals surface area contributed by atoms with Crippen molar-refractivity contribution >= 4 is 29.2 Å². The summed E-state index contributed by atoms with van der Waals surface area (Å²) in [5.74, 6) is 1.17. The third-order valence-electron chi connectivity index (χ3n) is 5.08. The van der Waals surface area contributed by atoms with Gasteiger partial charge in [0.1, 0.15) is 5.84 Å². The molecule has 1 aliphatic rings. The largest absolute Gasteiger partial charge is 0.271 e. The Labute approximate surface area is 169 Å². The van der Waals surface area contributed by atoms with E-state index in [0.717, 1.165) is 18.5 Å². The number of nitrogens with zero attached hydrogens (tertiary/aromatic N) is 2. The first kappa shape index (κ1) is 20.0. The van der Waals surface area contributed by atoms with Crippen molar-refractivity contribution < 1.29 is 0 Å². The highest BCUT2D eigenvalue weighted by Crippen LogP contribution is 2.35. The maximum atomic E-state index is 5.08. The minimum absolute atomic E-state index is 0.695. The van der Waals surface area contributed by atoms with E-state index in [0.29, 0.717) is 5.25 Å². The second kappa shape index (κ2) is 9.98. The van der Waals surface area contributed by atoms with E-state index in [4.69, 9.17) is 4.99 Å². The van der Waals surface area contributed by atoms with Gasteiger partial charge in [-0.2, -0.15) is 0 Å². The van der Waals surface area contributed by atoms with E-state index in [1.807, 2.05) is 11.9 Å². The van der Waals surface area contributed by atoms with Gasteiger partial charge in [0.15, 0.2) is 0 Å². The van der Waals surface area contributed by atoms with Gasteiger partial charge in [0.25, 0.3) is 0 Å². The molecule has 0 bridgehead atoms. The normalized spacial score (nSPS) is 15.7. The fourth-order valence-electron chi connectivity index (χ4n) is 3.47. The van der Waals surface area contributed by atoms with Crippen LogP contribution in [0.2, 0.25) is 0 Å². The van der Waals surface area contributed by atoms with Crippen molar-refractivity contribution in [3.05, 3.63) is 59.7 Å². The summed E-state index contributed by atoms with van der Waals surface area (Å²) in [6, 6.07) is 17.4. The third-order valence-corrected chi connectivity index (χ3v) is 6.48. The lowest BCUT2D eigenvalue weighted by atomic mass is 10.0. The number of rotatable bonds is 6. The standard InChI is InChI=1S/C24H32N2S/c1-4-8-24(25-21-15-11-19(2)12-16-21)26(22-17-13-20(3)14-18-22)27-23-9-6-5-7-10-23/h11-18,23H,4-10H2,1-3H3/b25-24+. The molecule has 0 spiro atoms. The number of aliphatic imine (C=N–C) groups is 1. The monoisotopic (exact) mass is 380 g/mol. The Morgan fingerprint density at radius 2 is 1.52 bits per heavy atom. The molecule has 27 heavy (non-hydrogen) atoms. The second-order valence-electron chi connectivity index (χ2n) is 7.61. The predicted octanol–water partition coefficient (Wildman–Crippen LogP) is 7.62. The Bertz CT molecular complexity index is 728. The van der Waals surface area contributed by atoms with Gasteiger partial charge in [-0.15, -0.1) is 0 Å². The molecule has 2 aromatic carbocycles. The molecule has 0 N–H and O–H groups in total. The highest BCUT2D eigenvalue weighted by Gasteiger charge is 2.22. The molecule has 0 aliphatic heterocycles. The van der Waals surface area contributed by atoms with Crippen molar-refractivity contribution in [1.82, 2.24) is 0 Å². The van der Waals surface area contributed by atoms with E-state index < -0.39 is 0 Å². The van der Waals surface area contributed by atoms with Crippen LogP contribution in [0, 0.1) is 13.8 Å². The lowest BCUT2D eigenvalue weighted by Gasteiger charge is -2.31. The van der Waals surface area contributed by atoms with Crippen LogP contribution < -0.4 is 4.31 Å². The summed E-state index contributed by atoms with van der Waals surface area (Å²) >= 11 is 2.00. The van der Waals surface area contributed by atoms with Gasteiger partial charge in [-0.3, -0.25) is 4.31 Å². The molecule has 1 aliphatic carbocycles. The molecule has 0 saturated heterocycles. The Kier molecular flexibility index (Phi) is 7.40. The fraction of sp³-hybridized carbons (Fsp3) is 0.458. The molecule has 3 heteroatoms. The van der Waals surface area contributed by atoms with E-state index in [2.05, 4.69) is 73.6 Å². The molecule has 0 unspecified atom stereocenters. The molecule has 1 saturated carbocycles. The SMILES string of the molecule is CCC/C(=N\c1ccc(C)cc1)N(SC1CCCCC1)c1ccc(C)cc1. The van der Waals surface area contributed by atoms with Crippen molar-refractivity contribution in [3.63, 3.8) is 0 Å². The number of hydrogen-bond acceptors (Lipinski definition) is 2. The molecule has 2 nitrogen and oxygen atoms in total. The Hall–Kier alpha value is -1.74. The van der Waals surface area contributed by atoms with Crippen LogP contribution in [0.4, 0.5) is 11.4 Å². The molecular formula is C24H32N2S. The van der Waals surface area contributed by atoms with Gasteiger partial charge >= 0.3 is 0 Å². The van der Waals surface area contributed by atoms with Crippen LogP contribution in [0.25, 0.3) is 0 Å². The predicted molar refractivity (Wildman–Crippen MR) is 121 cm³/mol. The van der Waals surface area contributed by atoms with Crippen molar-refractivity contribution in [2.45, 2.75) is 71.0 Å². The molecule has 0 aromatic heterocycles. The van der Waals surface area contributed by atoms with Crippen molar-refractivity contribution in [2.24, 2.45) is 4.99 Å². The van der Waals surface area contributed by atoms with E-state index in [1.54, 1.807) is 0 Å². The number of amidine groups is 1. The van der Waals surface area contributed by atoms with Gasteiger partial charge in [-0.05, 0) is 69.3 Å². The summed E-state index contributed by atoms with van der Waals surface area (Å²) in [4.78, 5) is 5.08. The van der Waals surface area contributed by atoms with Crippen LogP contribution in [0.5, 0.6) is 0 Å². The highest BCUT2D eigenvalue weighted by molar-refractivity contribution is 8.02. The van der Waals surface area contributed by atoms with Gasteiger partial charge in [0, 0.05) is 11.7 Å². The zero-order valence-electron chi connectivity index (χ0n) is 16.9. The first-order valence-corrected chi connectivity index (χ1v) is 11.2. The van der Waals surface area contributed by atoms with Crippen molar-refractivity contribution in [2.75, 3.05) is 4.31 Å². The molecule has 1 fully saturated rings. The quantitative estimate of drug-likeness (QED) is 0.291. The lowest BCUT2D eigenvalue weighted by Crippen LogP contribution is -2.27. The maximum absolute atomic E-state index is 5.08. The maximum Gasteiger partial charge on any atom is 0.119 e. The first-order chi connectivity index (χ1) is 13.2. The van der Waals surface area contributed by atoms with E-state index in [-0.39, 0.29) is 0 Å². The summed E-state index contributed by atoms with van der Waals surface area (Å²) in [5, 5.41) is 0.695. The minimum Gasteiger partial charge on any atom is -0.271 e. The van der Waals surface area contributed by atoms with Gasteiger partial charge in [-0.1, -0.05) is 61.6 Å². The zero-order chi connectivity index (χ0) is 19.1. The van der Waals surface area contributed by atoms with Crippen LogP contribution in [0.3, 0.4) is 0 Å². The summed E-state index contributed by atoms with van der Waals surface area (Å²) in [6.45, 7) is 6.51. The second-order valence-corrected chi connectivity index (χ2v) is 8.85. The van der Waals surface area contributed by atoms with Crippen LogP contribution >= 0.6 is 11.9 Å². The Balaban J connectivity index is 1.93. The summed E-state index contributed by atoms with van der Waals surface area (Å²) < 4.78 is 2.42. The molecule has 144 valence electrons. The van der Waals surface area contributed by atoms with E-state index >= 15 is 0 Å². The van der Waals surface area contributed by atoms with Crippen molar-refractivity contribution in [1.29, 1.82) is 0 Å². The van der Waals surface area contributed by atoms with Crippen LogP contribution in [0.1, 0.15) is 63.0 Å². The number of aryl methyl sites for hydroxylation is 2. The number of hydrogen-bond donors (Lipinski definition) is 0. The average molecular weight is 381 g/mol. The highest BCUT2D eigenvalue weighted by atomic mass is 32.2. The van der Waals surface area contributed by atoms with Gasteiger partial charge in [-0.25, -0.2) is 4.99 Å². The zero-order valence-corrected chi connectivity index (χ0v) is 17.8. The molecule has 0 heterocycles. The number of benzene rings is 2. The summed E-state index contributed by atoms with van der Waals surface area (Å²) in [7, 11) is 0. The fourth-order valence-corrected chi connectivity index (χ4v) is 4.80. The van der Waals surface area contributed by atoms with E-state index in [1.165, 1.54) is 54.8 Å². The van der Waals surface area contributed by atoms with Crippen LogP contribution in [-0.2, 0) is 0 Å². The Morgan fingerprint density at radius 1 is 0.926 bits per heavy atom. The van der Waals surface area contributed by atoms with E-state index in [9.17, 15) is 0 Å². The van der Waals surface area contributed by atoms with Gasteiger partial charge < -0.3 is 0 Å². The summed E-state index contributed by atoms with van der Waals surface area (Å²) in [6.07, 6.45) is 8.82. The average Bonchev–Trinajstić information content (AvgIpc) is 2.69. The lowest BCUT2D eigenvalue weighted by molar-refractivity contribution is 0.516. The number of anilines is 1. The molecule has 2 aromatic rings. The van der Waals surface area contributed by atoms with Crippen LogP contribution in [0.15, 0.2) is 53.5 Å². The smallest absolute Gasteiger partial charge is 0.119 e. The molecule has 0 radical (unpaired) electrons. The van der Waals surface area contributed by atoms with Crippen LogP contribution in [-0.4, -0.2) is 11.1 Å². The Morgan fingerprint density at radius 3 is 2.11 bits per heavy atom. The first-order valence-electron chi connectivity index (χ1n) is 10.3. The third kappa shape index (κ3) is 5.87. The van der Waals surface area contributed by atoms with Crippen molar-refractivity contribution in [3.8, 4) is 0 Å². The molecule has 0 atom stereocenters. The van der Waals surface area contributed by atoms with Gasteiger partial charge in [0.2, 0.25) is 0 Å². The topological polar surface area (TPSA) is 15.6 Å². The minimum atomic E-state index is 0.695.